The van der Waals surface area contributed by atoms with Crippen LogP contribution in [0.15, 0.2) is 0 Å². The van der Waals surface area contributed by atoms with Crippen LogP contribution in [0.25, 0.3) is 0 Å². The highest BCUT2D eigenvalue weighted by molar-refractivity contribution is 7.96. The van der Waals surface area contributed by atoms with Crippen molar-refractivity contribution in [3.63, 3.8) is 0 Å². The zero-order valence-corrected chi connectivity index (χ0v) is 5.43. The van der Waals surface area contributed by atoms with E-state index in [-0.39, 0.29) is 0 Å². The van der Waals surface area contributed by atoms with Crippen LogP contribution >= 0.6 is 11.9 Å². The van der Waals surface area contributed by atoms with Gasteiger partial charge in [-0.3, -0.25) is 4.72 Å². The van der Waals surface area contributed by atoms with Crippen molar-refractivity contribution < 1.29 is 0 Å². The van der Waals surface area contributed by atoms with Crippen LogP contribution in [0, 0.1) is 11.8 Å². The molecule has 0 rings (SSSR count). The van der Waals surface area contributed by atoms with Gasteiger partial charge in [0, 0.05) is 0 Å². The lowest BCUT2D eigenvalue weighted by Crippen LogP contribution is -2.00. The Morgan fingerprint density at radius 1 is 1.71 bits per heavy atom. The maximum atomic E-state index is 2.99. The Hall–Kier alpha value is -0.130. The van der Waals surface area contributed by atoms with Crippen molar-refractivity contribution in [2.75, 3.05) is 12.8 Å². The third kappa shape index (κ3) is 5.87. The summed E-state index contributed by atoms with van der Waals surface area (Å²) in [6, 6.07) is 0. The summed E-state index contributed by atoms with van der Waals surface area (Å²) in [5.41, 5.74) is 0. The van der Waals surface area contributed by atoms with Crippen LogP contribution in [0.3, 0.4) is 0 Å². The molecule has 0 aromatic heterocycles. The van der Waals surface area contributed by atoms with Crippen molar-refractivity contribution in [1.29, 1.82) is 0 Å². The fourth-order valence-corrected chi connectivity index (χ4v) is 0.413. The average molecular weight is 115 g/mol. The van der Waals surface area contributed by atoms with Crippen molar-refractivity contribution in [2.45, 2.75) is 6.92 Å². The lowest BCUT2D eigenvalue weighted by molar-refractivity contribution is 1.17. The molecule has 0 amide bonds. The summed E-state index contributed by atoms with van der Waals surface area (Å²) in [6.45, 7) is 2.62. The molecule has 1 N–H and O–H groups in total. The molecule has 0 atom stereocenters. The fraction of sp³-hybridized carbons (Fsp3) is 0.600. The zero-order valence-electron chi connectivity index (χ0n) is 4.62. The lowest BCUT2D eigenvalue weighted by atomic mass is 10.6. The quantitative estimate of drug-likeness (QED) is 0.326. The number of rotatable bonds is 2. The minimum atomic E-state index is 0.789. The second kappa shape index (κ2) is 5.87. The molecule has 0 fully saturated rings. The molecule has 7 heavy (non-hydrogen) atoms. The third-order valence-electron chi connectivity index (χ3n) is 0.482. The SMILES string of the molecule is CC#CCNSC. The van der Waals surface area contributed by atoms with E-state index in [0.29, 0.717) is 0 Å². The maximum Gasteiger partial charge on any atom is 0.0671 e. The molecule has 0 spiro atoms. The standard InChI is InChI=1S/C5H9NS/c1-3-4-5-6-7-2/h6H,5H2,1-2H3. The predicted molar refractivity (Wildman–Crippen MR) is 35.0 cm³/mol. The largest absolute Gasteiger partial charge is 0.252 e. The van der Waals surface area contributed by atoms with Gasteiger partial charge >= 0.3 is 0 Å². The Labute approximate surface area is 49.0 Å². The van der Waals surface area contributed by atoms with Crippen molar-refractivity contribution in [3.8, 4) is 11.8 Å². The summed E-state index contributed by atoms with van der Waals surface area (Å²) in [5.74, 6) is 5.64. The van der Waals surface area contributed by atoms with E-state index in [1.54, 1.807) is 11.9 Å². The average Bonchev–Trinajstić information content (AvgIpc) is 1.69. The number of hydrogen-bond donors (Lipinski definition) is 1. The van der Waals surface area contributed by atoms with Crippen molar-refractivity contribution in [3.05, 3.63) is 0 Å². The van der Waals surface area contributed by atoms with Crippen LogP contribution in [-0.2, 0) is 0 Å². The van der Waals surface area contributed by atoms with Gasteiger partial charge in [-0.25, -0.2) is 0 Å². The lowest BCUT2D eigenvalue weighted by Gasteiger charge is -1.86. The molecule has 0 aromatic rings. The molecule has 0 aliphatic rings. The molecule has 0 saturated carbocycles. The molecule has 0 unspecified atom stereocenters. The van der Waals surface area contributed by atoms with E-state index in [2.05, 4.69) is 16.6 Å². The number of hydrogen-bond acceptors (Lipinski definition) is 2. The van der Waals surface area contributed by atoms with E-state index in [0.717, 1.165) is 6.54 Å². The van der Waals surface area contributed by atoms with Crippen LogP contribution in [0.2, 0.25) is 0 Å². The summed E-state index contributed by atoms with van der Waals surface area (Å²) in [7, 11) is 0. The minimum absolute atomic E-state index is 0.789. The highest BCUT2D eigenvalue weighted by Crippen LogP contribution is 1.76. The summed E-state index contributed by atoms with van der Waals surface area (Å²) >= 11 is 1.59. The Morgan fingerprint density at radius 2 is 2.43 bits per heavy atom. The molecular weight excluding hydrogens is 106 g/mol. The van der Waals surface area contributed by atoms with Crippen molar-refractivity contribution in [1.82, 2.24) is 4.72 Å². The van der Waals surface area contributed by atoms with Gasteiger partial charge < -0.3 is 0 Å². The molecule has 1 nitrogen and oxygen atoms in total. The van der Waals surface area contributed by atoms with E-state index >= 15 is 0 Å². The molecular formula is C5H9NS. The van der Waals surface area contributed by atoms with Gasteiger partial charge in [0.05, 0.1) is 6.54 Å². The van der Waals surface area contributed by atoms with Gasteiger partial charge in [0.2, 0.25) is 0 Å². The van der Waals surface area contributed by atoms with Crippen LogP contribution in [-0.4, -0.2) is 12.8 Å². The topological polar surface area (TPSA) is 12.0 Å². The van der Waals surface area contributed by atoms with Crippen LogP contribution < -0.4 is 4.72 Å². The van der Waals surface area contributed by atoms with Crippen LogP contribution in [0.4, 0.5) is 0 Å². The molecule has 0 aromatic carbocycles. The van der Waals surface area contributed by atoms with Gasteiger partial charge in [0.15, 0.2) is 0 Å². The summed E-state index contributed by atoms with van der Waals surface area (Å²) < 4.78 is 2.99. The summed E-state index contributed by atoms with van der Waals surface area (Å²) in [5, 5.41) is 0. The zero-order chi connectivity index (χ0) is 5.54. The van der Waals surface area contributed by atoms with Crippen molar-refractivity contribution >= 4 is 11.9 Å². The molecule has 0 heterocycles. The van der Waals surface area contributed by atoms with E-state index in [9.17, 15) is 0 Å². The Bertz CT molecular complexity index is 79.8. The normalized spacial score (nSPS) is 7.14. The van der Waals surface area contributed by atoms with Gasteiger partial charge in [-0.1, -0.05) is 17.9 Å². The Kier molecular flexibility index (Phi) is 5.76. The van der Waals surface area contributed by atoms with E-state index in [4.69, 9.17) is 0 Å². The monoisotopic (exact) mass is 115 g/mol. The van der Waals surface area contributed by atoms with Gasteiger partial charge in [-0.2, -0.15) is 0 Å². The third-order valence-corrected chi connectivity index (χ3v) is 0.915. The second-order valence-electron chi connectivity index (χ2n) is 0.952. The molecule has 0 saturated heterocycles. The van der Waals surface area contributed by atoms with Gasteiger partial charge in [-0.05, 0) is 13.2 Å². The Morgan fingerprint density at radius 3 is 2.86 bits per heavy atom. The van der Waals surface area contributed by atoms with Gasteiger partial charge in [-0.15, -0.1) is 5.92 Å². The first-order valence-corrected chi connectivity index (χ1v) is 3.29. The van der Waals surface area contributed by atoms with Crippen molar-refractivity contribution in [2.24, 2.45) is 0 Å². The van der Waals surface area contributed by atoms with Gasteiger partial charge in [0.25, 0.3) is 0 Å². The summed E-state index contributed by atoms with van der Waals surface area (Å²) in [4.78, 5) is 0. The van der Waals surface area contributed by atoms with E-state index < -0.39 is 0 Å². The Balaban J connectivity index is 2.78. The minimum Gasteiger partial charge on any atom is -0.252 e. The van der Waals surface area contributed by atoms with E-state index in [1.165, 1.54) is 0 Å². The molecule has 2 heteroatoms. The number of nitrogens with one attached hydrogen (secondary N) is 1. The van der Waals surface area contributed by atoms with E-state index in [1.807, 2.05) is 13.2 Å². The molecule has 0 aliphatic carbocycles. The summed E-state index contributed by atoms with van der Waals surface area (Å²) in [6.07, 6.45) is 1.98. The van der Waals surface area contributed by atoms with Gasteiger partial charge in [0.1, 0.15) is 0 Å². The first kappa shape index (κ1) is 6.87. The predicted octanol–water partition coefficient (Wildman–Crippen LogP) is 0.877. The maximum absolute atomic E-state index is 2.99. The first-order chi connectivity index (χ1) is 3.41. The fourth-order valence-electron chi connectivity index (χ4n) is 0.197. The van der Waals surface area contributed by atoms with Crippen LogP contribution in [0.5, 0.6) is 0 Å². The molecule has 0 aliphatic heterocycles. The molecule has 0 bridgehead atoms. The highest BCUT2D eigenvalue weighted by Gasteiger charge is 1.68. The second-order valence-corrected chi connectivity index (χ2v) is 1.65. The van der Waals surface area contributed by atoms with Crippen LogP contribution in [0.1, 0.15) is 6.92 Å². The molecule has 40 valence electrons. The molecule has 0 radical (unpaired) electrons. The first-order valence-electron chi connectivity index (χ1n) is 2.07. The smallest absolute Gasteiger partial charge is 0.0671 e. The highest BCUT2D eigenvalue weighted by atomic mass is 32.2.